The molecule has 2 heterocycles. The smallest absolute Gasteiger partial charge is 0.308 e. The summed E-state index contributed by atoms with van der Waals surface area (Å²) in [5.74, 6) is -0.0734. The van der Waals surface area contributed by atoms with Gasteiger partial charge in [-0.15, -0.1) is 0 Å². The summed E-state index contributed by atoms with van der Waals surface area (Å²) in [4.78, 5) is 26.9. The van der Waals surface area contributed by atoms with Crippen LogP contribution >= 0.6 is 0 Å². The molecule has 2 aliphatic carbocycles. The maximum Gasteiger partial charge on any atom is 0.308 e. The van der Waals surface area contributed by atoms with Crippen LogP contribution in [0.15, 0.2) is 18.2 Å². The van der Waals surface area contributed by atoms with E-state index in [1.165, 1.54) is 5.56 Å². The van der Waals surface area contributed by atoms with Crippen molar-refractivity contribution >= 4 is 11.9 Å². The lowest BCUT2D eigenvalue weighted by Crippen LogP contribution is -2.58. The predicted molar refractivity (Wildman–Crippen MR) is 92.6 cm³/mol. The number of rotatable bonds is 3. The van der Waals surface area contributed by atoms with Crippen LogP contribution in [0.3, 0.4) is 0 Å². The Labute approximate surface area is 148 Å². The third kappa shape index (κ3) is 2.79. The lowest BCUT2D eigenvalue weighted by molar-refractivity contribution is -0.156. The first kappa shape index (κ1) is 16.4. The molecule has 1 aromatic rings. The summed E-state index contributed by atoms with van der Waals surface area (Å²) in [6.07, 6.45) is 5.43. The van der Waals surface area contributed by atoms with Gasteiger partial charge in [-0.3, -0.25) is 9.59 Å². The van der Waals surface area contributed by atoms with Gasteiger partial charge in [0.15, 0.2) is 0 Å². The fourth-order valence-corrected chi connectivity index (χ4v) is 5.07. The Hall–Kier alpha value is -2.04. The minimum absolute atomic E-state index is 0.120. The van der Waals surface area contributed by atoms with Gasteiger partial charge in [0.05, 0.1) is 18.9 Å². The topological polar surface area (TPSA) is 66.8 Å². The molecule has 134 valence electrons. The van der Waals surface area contributed by atoms with Crippen molar-refractivity contribution in [3.8, 4) is 5.75 Å². The minimum atomic E-state index is -0.752. The second-order valence-corrected chi connectivity index (χ2v) is 7.69. The number of carboxylic acid groups (broad SMARTS) is 1. The van der Waals surface area contributed by atoms with Crippen molar-refractivity contribution in [3.05, 3.63) is 29.3 Å². The maximum atomic E-state index is 13.4. The highest BCUT2D eigenvalue weighted by Crippen LogP contribution is 2.42. The predicted octanol–water partition coefficient (Wildman–Crippen LogP) is 2.83. The van der Waals surface area contributed by atoms with E-state index in [0.717, 1.165) is 56.4 Å². The molecular weight excluding hydrogens is 318 g/mol. The van der Waals surface area contributed by atoms with Gasteiger partial charge in [-0.25, -0.2) is 0 Å². The molecule has 0 aromatic heterocycles. The van der Waals surface area contributed by atoms with Crippen molar-refractivity contribution in [2.45, 2.75) is 50.5 Å². The molecule has 1 amide bonds. The molecule has 3 fully saturated rings. The minimum Gasteiger partial charge on any atom is -0.497 e. The maximum absolute atomic E-state index is 13.4. The molecule has 2 aliphatic heterocycles. The molecule has 0 radical (unpaired) electrons. The Morgan fingerprint density at radius 3 is 2.80 bits per heavy atom. The lowest BCUT2D eigenvalue weighted by atomic mass is 9.71. The van der Waals surface area contributed by atoms with E-state index in [4.69, 9.17) is 4.74 Å². The van der Waals surface area contributed by atoms with Gasteiger partial charge in [0, 0.05) is 12.6 Å². The molecule has 1 N–H and O–H groups in total. The first-order valence-electron chi connectivity index (χ1n) is 9.28. The summed E-state index contributed by atoms with van der Waals surface area (Å²) in [7, 11) is 1.64. The van der Waals surface area contributed by atoms with Gasteiger partial charge in [0.1, 0.15) is 5.75 Å². The van der Waals surface area contributed by atoms with Crippen LogP contribution in [-0.4, -0.2) is 41.6 Å². The van der Waals surface area contributed by atoms with Gasteiger partial charge in [0.25, 0.3) is 0 Å². The van der Waals surface area contributed by atoms with Crippen molar-refractivity contribution in [1.82, 2.24) is 4.90 Å². The number of methoxy groups -OCH3 is 1. The number of nitrogens with zero attached hydrogens (tertiary/aromatic N) is 1. The van der Waals surface area contributed by atoms with Crippen LogP contribution < -0.4 is 4.74 Å². The Balaban J connectivity index is 1.63. The van der Waals surface area contributed by atoms with Crippen molar-refractivity contribution in [2.24, 2.45) is 11.8 Å². The van der Waals surface area contributed by atoms with Crippen molar-refractivity contribution < 1.29 is 19.4 Å². The summed E-state index contributed by atoms with van der Waals surface area (Å²) < 4.78 is 5.35. The van der Waals surface area contributed by atoms with Crippen molar-refractivity contribution in [2.75, 3.05) is 13.7 Å². The monoisotopic (exact) mass is 343 g/mol. The van der Waals surface area contributed by atoms with Crippen molar-refractivity contribution in [1.29, 1.82) is 0 Å². The van der Waals surface area contributed by atoms with Crippen molar-refractivity contribution in [3.63, 3.8) is 0 Å². The third-order valence-electron chi connectivity index (χ3n) is 6.34. The van der Waals surface area contributed by atoms with E-state index in [1.54, 1.807) is 7.11 Å². The summed E-state index contributed by atoms with van der Waals surface area (Å²) in [6.45, 7) is 0.725. The number of amides is 1. The number of carboxylic acids is 1. The molecule has 4 unspecified atom stereocenters. The van der Waals surface area contributed by atoms with E-state index >= 15 is 0 Å². The fraction of sp³-hybridized carbons (Fsp3) is 0.600. The van der Waals surface area contributed by atoms with Crippen LogP contribution in [0, 0.1) is 11.8 Å². The van der Waals surface area contributed by atoms with Crippen LogP contribution in [0.2, 0.25) is 0 Å². The average Bonchev–Trinajstić information content (AvgIpc) is 2.66. The highest BCUT2D eigenvalue weighted by Gasteiger charge is 2.47. The number of fused-ring (bicyclic) bond motifs is 4. The summed E-state index contributed by atoms with van der Waals surface area (Å²) >= 11 is 0. The van der Waals surface area contributed by atoms with Crippen LogP contribution in [0.4, 0.5) is 0 Å². The van der Waals surface area contributed by atoms with E-state index in [0.29, 0.717) is 5.92 Å². The normalized spacial score (nSPS) is 30.7. The average molecular weight is 343 g/mol. The summed E-state index contributed by atoms with van der Waals surface area (Å²) in [5, 5.41) is 9.54. The van der Waals surface area contributed by atoms with Gasteiger partial charge in [-0.1, -0.05) is 6.07 Å². The zero-order valence-electron chi connectivity index (χ0n) is 14.6. The van der Waals surface area contributed by atoms with Crippen LogP contribution in [0.1, 0.15) is 49.1 Å². The summed E-state index contributed by atoms with van der Waals surface area (Å²) in [6, 6.07) is 5.88. The van der Waals surface area contributed by atoms with Crippen LogP contribution in [-0.2, 0) is 16.0 Å². The van der Waals surface area contributed by atoms with Gasteiger partial charge in [0.2, 0.25) is 5.91 Å². The second-order valence-electron chi connectivity index (χ2n) is 7.69. The zero-order chi connectivity index (χ0) is 17.6. The number of aliphatic carboxylic acids is 1. The van der Waals surface area contributed by atoms with E-state index in [2.05, 4.69) is 6.07 Å². The molecule has 2 saturated heterocycles. The molecule has 5 nitrogen and oxygen atoms in total. The van der Waals surface area contributed by atoms with Gasteiger partial charge in [-0.2, -0.15) is 0 Å². The standard InChI is InChI=1S/C20H25NO4/c1-25-14-7-6-13-3-2-4-15(16(13)10-14)19(22)21-11-12-5-8-18(21)17(9-12)20(23)24/h6-7,10,12,15,17-18H,2-5,8-9,11H2,1H3,(H,23,24). The molecule has 5 heteroatoms. The van der Waals surface area contributed by atoms with Crippen LogP contribution in [0.25, 0.3) is 0 Å². The number of benzene rings is 1. The summed E-state index contributed by atoms with van der Waals surface area (Å²) in [5.41, 5.74) is 2.30. The Morgan fingerprint density at radius 1 is 1.24 bits per heavy atom. The molecule has 4 aliphatic rings. The number of hydrogen-bond acceptors (Lipinski definition) is 3. The number of piperidine rings is 2. The second kappa shape index (κ2) is 6.36. The molecule has 4 atom stereocenters. The number of aryl methyl sites for hydroxylation is 1. The van der Waals surface area contributed by atoms with Crippen LogP contribution in [0.5, 0.6) is 5.75 Å². The molecule has 5 rings (SSSR count). The zero-order valence-corrected chi connectivity index (χ0v) is 14.6. The SMILES string of the molecule is COc1ccc2c(c1)C(C(=O)N1CC3CCC1C(C(=O)O)C3)CCC2. The third-order valence-corrected chi connectivity index (χ3v) is 6.34. The first-order chi connectivity index (χ1) is 12.1. The van der Waals surface area contributed by atoms with E-state index in [-0.39, 0.29) is 17.9 Å². The number of carbonyl (C=O) groups excluding carboxylic acids is 1. The largest absolute Gasteiger partial charge is 0.497 e. The van der Waals surface area contributed by atoms with Gasteiger partial charge >= 0.3 is 5.97 Å². The van der Waals surface area contributed by atoms with E-state index in [1.807, 2.05) is 17.0 Å². The lowest BCUT2D eigenvalue weighted by Gasteiger charge is -2.49. The highest BCUT2D eigenvalue weighted by atomic mass is 16.5. The number of carbonyl (C=O) groups is 2. The van der Waals surface area contributed by atoms with E-state index in [9.17, 15) is 14.7 Å². The number of hydrogen-bond donors (Lipinski definition) is 1. The fourth-order valence-electron chi connectivity index (χ4n) is 5.07. The molecule has 25 heavy (non-hydrogen) atoms. The van der Waals surface area contributed by atoms with E-state index < -0.39 is 11.9 Å². The number of ether oxygens (including phenoxy) is 1. The Morgan fingerprint density at radius 2 is 2.08 bits per heavy atom. The Kier molecular flexibility index (Phi) is 4.18. The Bertz CT molecular complexity index is 701. The quantitative estimate of drug-likeness (QED) is 0.916. The molecule has 1 aromatic carbocycles. The first-order valence-corrected chi connectivity index (χ1v) is 9.28. The van der Waals surface area contributed by atoms with Gasteiger partial charge in [-0.05, 0) is 67.7 Å². The van der Waals surface area contributed by atoms with Gasteiger partial charge < -0.3 is 14.7 Å². The molecule has 2 bridgehead atoms. The highest BCUT2D eigenvalue weighted by molar-refractivity contribution is 5.86. The molecule has 0 spiro atoms. The molecule has 1 saturated carbocycles. The molecular formula is C20H25NO4.